The van der Waals surface area contributed by atoms with Gasteiger partial charge >= 0.3 is 0 Å². The predicted octanol–water partition coefficient (Wildman–Crippen LogP) is 3.24. The summed E-state index contributed by atoms with van der Waals surface area (Å²) in [5.74, 6) is 1.61. The van der Waals surface area contributed by atoms with E-state index in [0.29, 0.717) is 23.9 Å². The van der Waals surface area contributed by atoms with Crippen LogP contribution in [0.1, 0.15) is 23.6 Å². The highest BCUT2D eigenvalue weighted by atomic mass is 16.5. The van der Waals surface area contributed by atoms with Crippen LogP contribution < -0.4 is 19.6 Å². The van der Waals surface area contributed by atoms with E-state index >= 15 is 0 Å². The number of nitrogens with zero attached hydrogens (tertiary/aromatic N) is 1. The van der Waals surface area contributed by atoms with E-state index in [4.69, 9.17) is 14.2 Å². The van der Waals surface area contributed by atoms with Gasteiger partial charge in [0.15, 0.2) is 18.1 Å². The molecule has 0 saturated carbocycles. The Bertz CT molecular complexity index is 767. The molecule has 0 bridgehead atoms. The van der Waals surface area contributed by atoms with Crippen LogP contribution in [0.3, 0.4) is 0 Å². The topological polar surface area (TPSA) is 69.2 Å². The second-order valence-corrected chi connectivity index (χ2v) is 5.75. The Kier molecular flexibility index (Phi) is 7.02. The van der Waals surface area contributed by atoms with Crippen molar-refractivity contribution in [1.29, 1.82) is 0 Å². The third-order valence-corrected chi connectivity index (χ3v) is 3.46. The largest absolute Gasteiger partial charge is 0.493 e. The van der Waals surface area contributed by atoms with Crippen LogP contribution in [0.25, 0.3) is 0 Å². The first kappa shape index (κ1) is 19.3. The molecule has 26 heavy (non-hydrogen) atoms. The minimum atomic E-state index is -0.334. The molecule has 0 saturated heterocycles. The van der Waals surface area contributed by atoms with E-state index in [9.17, 15) is 4.79 Å². The van der Waals surface area contributed by atoms with E-state index in [2.05, 4.69) is 10.5 Å². The van der Waals surface area contributed by atoms with E-state index in [1.54, 1.807) is 19.2 Å². The quantitative estimate of drug-likeness (QED) is 0.582. The van der Waals surface area contributed by atoms with Gasteiger partial charge in [-0.25, -0.2) is 5.43 Å². The molecule has 0 aliphatic carbocycles. The zero-order valence-electron chi connectivity index (χ0n) is 15.5. The Balaban J connectivity index is 1.89. The second kappa shape index (κ2) is 9.46. The number of ether oxygens (including phenoxy) is 3. The molecule has 0 fully saturated rings. The van der Waals surface area contributed by atoms with Crippen LogP contribution >= 0.6 is 0 Å². The second-order valence-electron chi connectivity index (χ2n) is 5.75. The van der Waals surface area contributed by atoms with Crippen molar-refractivity contribution in [3.8, 4) is 17.2 Å². The minimum absolute atomic E-state index is 0.104. The summed E-state index contributed by atoms with van der Waals surface area (Å²) < 4.78 is 16.2. The van der Waals surface area contributed by atoms with Gasteiger partial charge in [0.2, 0.25) is 0 Å². The number of amides is 1. The molecule has 2 rings (SSSR count). The van der Waals surface area contributed by atoms with Gasteiger partial charge in [-0.1, -0.05) is 6.07 Å². The van der Waals surface area contributed by atoms with Crippen molar-refractivity contribution in [1.82, 2.24) is 5.43 Å². The number of carbonyl (C=O) groups is 1. The van der Waals surface area contributed by atoms with Crippen LogP contribution in [0.15, 0.2) is 41.5 Å². The molecule has 6 heteroatoms. The van der Waals surface area contributed by atoms with Crippen molar-refractivity contribution in [2.45, 2.75) is 20.8 Å². The molecule has 0 aromatic heterocycles. The average molecular weight is 356 g/mol. The number of rotatable bonds is 8. The summed E-state index contributed by atoms with van der Waals surface area (Å²) in [6, 6.07) is 11.2. The van der Waals surface area contributed by atoms with Crippen LogP contribution in [0, 0.1) is 13.8 Å². The highest BCUT2D eigenvalue weighted by Crippen LogP contribution is 2.27. The zero-order valence-corrected chi connectivity index (χ0v) is 15.5. The first-order chi connectivity index (χ1) is 12.5. The number of carbonyl (C=O) groups excluding carboxylic acids is 1. The lowest BCUT2D eigenvalue weighted by molar-refractivity contribution is -0.123. The summed E-state index contributed by atoms with van der Waals surface area (Å²) in [7, 11) is 1.58. The van der Waals surface area contributed by atoms with Crippen molar-refractivity contribution >= 4 is 12.1 Å². The van der Waals surface area contributed by atoms with Gasteiger partial charge in [0.05, 0.1) is 19.9 Å². The smallest absolute Gasteiger partial charge is 0.277 e. The number of benzene rings is 2. The predicted molar refractivity (Wildman–Crippen MR) is 101 cm³/mol. The lowest BCUT2D eigenvalue weighted by atomic mass is 10.1. The molecule has 1 N–H and O–H groups in total. The van der Waals surface area contributed by atoms with Gasteiger partial charge in [-0.05, 0) is 67.8 Å². The summed E-state index contributed by atoms with van der Waals surface area (Å²) in [4.78, 5) is 11.9. The number of nitrogens with one attached hydrogen (secondary N) is 1. The molecule has 1 amide bonds. The van der Waals surface area contributed by atoms with Crippen molar-refractivity contribution in [2.75, 3.05) is 20.3 Å². The standard InChI is InChI=1S/C20H24N2O4/c1-5-25-19-11-16(6-7-18(19)24-4)12-21-22-20(23)13-26-17-9-14(2)8-15(3)10-17/h6-12H,5,13H2,1-4H3,(H,22,23). The zero-order chi connectivity index (χ0) is 18.9. The monoisotopic (exact) mass is 356 g/mol. The fourth-order valence-corrected chi connectivity index (χ4v) is 2.42. The normalized spacial score (nSPS) is 10.6. The first-order valence-electron chi connectivity index (χ1n) is 8.35. The summed E-state index contributed by atoms with van der Waals surface area (Å²) in [5, 5.41) is 3.94. The number of methoxy groups -OCH3 is 1. The molecule has 0 unspecified atom stereocenters. The first-order valence-corrected chi connectivity index (χ1v) is 8.35. The minimum Gasteiger partial charge on any atom is -0.493 e. The molecule has 0 atom stereocenters. The Morgan fingerprint density at radius 1 is 1.08 bits per heavy atom. The highest BCUT2D eigenvalue weighted by molar-refractivity contribution is 5.83. The van der Waals surface area contributed by atoms with Crippen LogP contribution in [-0.4, -0.2) is 32.4 Å². The maximum absolute atomic E-state index is 11.9. The van der Waals surface area contributed by atoms with E-state index in [1.165, 1.54) is 6.21 Å². The average Bonchev–Trinajstić information content (AvgIpc) is 2.60. The molecule has 0 aliphatic rings. The van der Waals surface area contributed by atoms with Crippen molar-refractivity contribution in [3.05, 3.63) is 53.1 Å². The Morgan fingerprint density at radius 2 is 1.81 bits per heavy atom. The van der Waals surface area contributed by atoms with E-state index < -0.39 is 0 Å². The fraction of sp³-hybridized carbons (Fsp3) is 0.300. The molecule has 0 aliphatic heterocycles. The lowest BCUT2D eigenvalue weighted by Crippen LogP contribution is -2.24. The van der Waals surface area contributed by atoms with Crippen molar-refractivity contribution in [3.63, 3.8) is 0 Å². The maximum Gasteiger partial charge on any atom is 0.277 e. The van der Waals surface area contributed by atoms with Gasteiger partial charge in [-0.15, -0.1) is 0 Å². The van der Waals surface area contributed by atoms with Gasteiger partial charge in [-0.3, -0.25) is 4.79 Å². The molecule has 0 spiro atoms. The summed E-state index contributed by atoms with van der Waals surface area (Å²) in [5.41, 5.74) is 5.40. The lowest BCUT2D eigenvalue weighted by Gasteiger charge is -2.09. The molecule has 138 valence electrons. The van der Waals surface area contributed by atoms with E-state index in [0.717, 1.165) is 16.7 Å². The molecule has 0 heterocycles. The Labute approximate surface area is 153 Å². The maximum atomic E-state index is 11.9. The van der Waals surface area contributed by atoms with E-state index in [-0.39, 0.29) is 12.5 Å². The van der Waals surface area contributed by atoms with Crippen LogP contribution in [0.2, 0.25) is 0 Å². The van der Waals surface area contributed by atoms with Crippen LogP contribution in [-0.2, 0) is 4.79 Å². The van der Waals surface area contributed by atoms with Crippen LogP contribution in [0.4, 0.5) is 0 Å². The van der Waals surface area contributed by atoms with Crippen molar-refractivity contribution < 1.29 is 19.0 Å². The summed E-state index contributed by atoms with van der Waals surface area (Å²) in [6.45, 7) is 6.29. The third-order valence-electron chi connectivity index (χ3n) is 3.46. The molecule has 6 nitrogen and oxygen atoms in total. The molecular weight excluding hydrogens is 332 g/mol. The van der Waals surface area contributed by atoms with Crippen LogP contribution in [0.5, 0.6) is 17.2 Å². The SMILES string of the molecule is CCOc1cc(C=NNC(=O)COc2cc(C)cc(C)c2)ccc1OC. The number of hydrazone groups is 1. The molecule has 2 aromatic rings. The Hall–Kier alpha value is -3.02. The van der Waals surface area contributed by atoms with Crippen molar-refractivity contribution in [2.24, 2.45) is 5.10 Å². The summed E-state index contributed by atoms with van der Waals surface area (Å²) in [6.07, 6.45) is 1.54. The number of hydrogen-bond donors (Lipinski definition) is 1. The molecule has 2 aromatic carbocycles. The van der Waals surface area contributed by atoms with Gasteiger partial charge < -0.3 is 14.2 Å². The summed E-state index contributed by atoms with van der Waals surface area (Å²) >= 11 is 0. The molecule has 0 radical (unpaired) electrons. The third kappa shape index (κ3) is 5.81. The van der Waals surface area contributed by atoms with Gasteiger partial charge in [0.1, 0.15) is 5.75 Å². The fourth-order valence-electron chi connectivity index (χ4n) is 2.42. The Morgan fingerprint density at radius 3 is 2.46 bits per heavy atom. The number of aryl methyl sites for hydroxylation is 2. The molecular formula is C20H24N2O4. The highest BCUT2D eigenvalue weighted by Gasteiger charge is 2.05. The van der Waals surface area contributed by atoms with Gasteiger partial charge in [0, 0.05) is 0 Å². The van der Waals surface area contributed by atoms with Gasteiger partial charge in [0.25, 0.3) is 5.91 Å². The number of hydrogen-bond acceptors (Lipinski definition) is 5. The van der Waals surface area contributed by atoms with Gasteiger partial charge in [-0.2, -0.15) is 5.10 Å². The van der Waals surface area contributed by atoms with E-state index in [1.807, 2.05) is 45.0 Å².